The molecule has 0 radical (unpaired) electrons. The second-order valence-corrected chi connectivity index (χ2v) is 7.15. The van der Waals surface area contributed by atoms with Crippen LogP contribution in [-0.2, 0) is 0 Å². The number of hydrogen-bond acceptors (Lipinski definition) is 3. The second kappa shape index (κ2) is 6.04. The van der Waals surface area contributed by atoms with Gasteiger partial charge in [0.25, 0.3) is 5.69 Å². The van der Waals surface area contributed by atoms with Gasteiger partial charge < -0.3 is 5.32 Å². The predicted molar refractivity (Wildman–Crippen MR) is 86.8 cm³/mol. The average molecular weight is 290 g/mol. The fraction of sp³-hybridized carbons (Fsp3) is 0.647. The smallest absolute Gasteiger partial charge is 0.272 e. The third kappa shape index (κ3) is 3.96. The summed E-state index contributed by atoms with van der Waals surface area (Å²) in [5, 5.41) is 14.6. The predicted octanol–water partition coefficient (Wildman–Crippen LogP) is 4.98. The Morgan fingerprint density at radius 2 is 1.90 bits per heavy atom. The van der Waals surface area contributed by atoms with E-state index in [1.165, 1.54) is 32.1 Å². The molecule has 1 fully saturated rings. The molecular formula is C17H26N2O2. The molecule has 0 saturated heterocycles. The highest BCUT2D eigenvalue weighted by molar-refractivity contribution is 5.59. The zero-order valence-corrected chi connectivity index (χ0v) is 13.5. The molecule has 1 aliphatic carbocycles. The third-order valence-electron chi connectivity index (χ3n) is 4.67. The summed E-state index contributed by atoms with van der Waals surface area (Å²) in [6.45, 7) is 8.43. The molecule has 2 rings (SSSR count). The monoisotopic (exact) mass is 290 g/mol. The molecule has 4 nitrogen and oxygen atoms in total. The maximum Gasteiger partial charge on any atom is 0.272 e. The van der Waals surface area contributed by atoms with Gasteiger partial charge in [0.1, 0.15) is 0 Å². The van der Waals surface area contributed by atoms with Gasteiger partial charge in [0.2, 0.25) is 0 Å². The number of aryl methyl sites for hydroxylation is 2. The molecule has 21 heavy (non-hydrogen) atoms. The molecule has 1 unspecified atom stereocenters. The minimum absolute atomic E-state index is 0.208. The lowest BCUT2D eigenvalue weighted by molar-refractivity contribution is -0.385. The number of nitrogens with one attached hydrogen (secondary N) is 1. The molecule has 0 heterocycles. The molecule has 1 atom stereocenters. The van der Waals surface area contributed by atoms with Crippen LogP contribution in [0.5, 0.6) is 0 Å². The summed E-state index contributed by atoms with van der Waals surface area (Å²) in [7, 11) is 0. The van der Waals surface area contributed by atoms with Crippen molar-refractivity contribution in [1.82, 2.24) is 0 Å². The topological polar surface area (TPSA) is 55.2 Å². The maximum absolute atomic E-state index is 11.0. The van der Waals surface area contributed by atoms with Gasteiger partial charge in [0, 0.05) is 23.4 Å². The lowest BCUT2D eigenvalue weighted by atomic mass is 9.85. The number of nitrogens with zero attached hydrogens (tertiary/aromatic N) is 1. The van der Waals surface area contributed by atoms with Gasteiger partial charge in [-0.05, 0) is 56.6 Å². The number of hydrogen-bond donors (Lipinski definition) is 1. The summed E-state index contributed by atoms with van der Waals surface area (Å²) in [6.07, 6.45) is 6.11. The largest absolute Gasteiger partial charge is 0.382 e. The average Bonchev–Trinajstić information content (AvgIpc) is 2.54. The Morgan fingerprint density at radius 3 is 2.57 bits per heavy atom. The van der Waals surface area contributed by atoms with Crippen LogP contribution in [0.1, 0.15) is 57.1 Å². The van der Waals surface area contributed by atoms with Gasteiger partial charge in [-0.2, -0.15) is 0 Å². The van der Waals surface area contributed by atoms with Gasteiger partial charge in [-0.1, -0.05) is 20.3 Å². The van der Waals surface area contributed by atoms with E-state index in [-0.39, 0.29) is 10.6 Å². The quantitative estimate of drug-likeness (QED) is 0.485. The zero-order chi connectivity index (χ0) is 15.6. The van der Waals surface area contributed by atoms with Crippen molar-refractivity contribution in [1.29, 1.82) is 0 Å². The minimum atomic E-state index is -0.305. The van der Waals surface area contributed by atoms with Crippen LogP contribution >= 0.6 is 0 Å². The fourth-order valence-electron chi connectivity index (χ4n) is 3.18. The summed E-state index contributed by atoms with van der Waals surface area (Å²) in [6, 6.07) is 4.08. The van der Waals surface area contributed by atoms with Crippen LogP contribution in [0.15, 0.2) is 12.1 Å². The Morgan fingerprint density at radius 1 is 1.19 bits per heavy atom. The first-order valence-electron chi connectivity index (χ1n) is 7.81. The number of nitro groups is 1. The number of anilines is 1. The normalized spacial score (nSPS) is 21.6. The number of benzene rings is 1. The molecule has 0 bridgehead atoms. The van der Waals surface area contributed by atoms with E-state index in [4.69, 9.17) is 0 Å². The molecule has 1 N–H and O–H groups in total. The van der Waals surface area contributed by atoms with Crippen molar-refractivity contribution >= 4 is 11.4 Å². The Balaban J connectivity index is 2.13. The Hall–Kier alpha value is -1.58. The van der Waals surface area contributed by atoms with Gasteiger partial charge in [0.15, 0.2) is 0 Å². The van der Waals surface area contributed by atoms with Gasteiger partial charge in [-0.3, -0.25) is 10.1 Å². The fourth-order valence-corrected chi connectivity index (χ4v) is 3.18. The summed E-state index contributed by atoms with van der Waals surface area (Å²) in [5.41, 5.74) is 3.37. The molecule has 4 heteroatoms. The van der Waals surface area contributed by atoms with Crippen molar-refractivity contribution in [3.8, 4) is 0 Å². The van der Waals surface area contributed by atoms with E-state index in [0.29, 0.717) is 11.5 Å². The molecular weight excluding hydrogens is 264 g/mol. The molecule has 1 aliphatic rings. The SMILES string of the molecule is Cc1cc([N+](=O)[O-])c(C)cc1NC1CCCC(C)(C)CC1. The van der Waals surface area contributed by atoms with Crippen molar-refractivity contribution in [2.75, 3.05) is 5.32 Å². The van der Waals surface area contributed by atoms with Crippen LogP contribution in [0.2, 0.25) is 0 Å². The molecule has 0 aromatic heterocycles. The molecule has 116 valence electrons. The van der Waals surface area contributed by atoms with Gasteiger partial charge in [0.05, 0.1) is 4.92 Å². The van der Waals surface area contributed by atoms with Crippen LogP contribution in [0, 0.1) is 29.4 Å². The highest BCUT2D eigenvalue weighted by Gasteiger charge is 2.24. The van der Waals surface area contributed by atoms with Crippen molar-refractivity contribution in [3.63, 3.8) is 0 Å². The molecule has 1 aromatic rings. The van der Waals surface area contributed by atoms with Crippen LogP contribution < -0.4 is 5.32 Å². The highest BCUT2D eigenvalue weighted by Crippen LogP contribution is 2.35. The molecule has 0 aliphatic heterocycles. The second-order valence-electron chi connectivity index (χ2n) is 7.15. The van der Waals surface area contributed by atoms with Gasteiger partial charge >= 0.3 is 0 Å². The van der Waals surface area contributed by atoms with Crippen LogP contribution in [0.3, 0.4) is 0 Å². The first kappa shape index (κ1) is 15.8. The van der Waals surface area contributed by atoms with E-state index in [1.54, 1.807) is 13.0 Å². The van der Waals surface area contributed by atoms with E-state index >= 15 is 0 Å². The third-order valence-corrected chi connectivity index (χ3v) is 4.67. The summed E-state index contributed by atoms with van der Waals surface area (Å²) < 4.78 is 0. The molecule has 1 saturated carbocycles. The first-order valence-corrected chi connectivity index (χ1v) is 7.81. The molecule has 1 aromatic carbocycles. The maximum atomic E-state index is 11.0. The lowest BCUT2D eigenvalue weighted by Gasteiger charge is -2.23. The van der Waals surface area contributed by atoms with Crippen LogP contribution in [0.25, 0.3) is 0 Å². The van der Waals surface area contributed by atoms with E-state index in [2.05, 4.69) is 19.2 Å². The highest BCUT2D eigenvalue weighted by atomic mass is 16.6. The summed E-state index contributed by atoms with van der Waals surface area (Å²) in [4.78, 5) is 10.7. The Kier molecular flexibility index (Phi) is 4.55. The molecule has 0 amide bonds. The van der Waals surface area contributed by atoms with E-state index in [9.17, 15) is 10.1 Å². The van der Waals surface area contributed by atoms with E-state index in [0.717, 1.165) is 16.8 Å². The number of nitro benzene ring substituents is 1. The standard InChI is InChI=1S/C17H26N2O2/c1-12-11-16(19(20)21)13(2)10-15(12)18-14-6-5-8-17(3,4)9-7-14/h10-11,14,18H,5-9H2,1-4H3. The van der Waals surface area contributed by atoms with Crippen molar-refractivity contribution in [3.05, 3.63) is 33.4 Å². The summed E-state index contributed by atoms with van der Waals surface area (Å²) >= 11 is 0. The van der Waals surface area contributed by atoms with E-state index < -0.39 is 0 Å². The first-order chi connectivity index (χ1) is 9.78. The van der Waals surface area contributed by atoms with Crippen molar-refractivity contribution < 1.29 is 4.92 Å². The zero-order valence-electron chi connectivity index (χ0n) is 13.5. The van der Waals surface area contributed by atoms with E-state index in [1.807, 2.05) is 13.0 Å². The van der Waals surface area contributed by atoms with Gasteiger partial charge in [-0.15, -0.1) is 0 Å². The van der Waals surface area contributed by atoms with Gasteiger partial charge in [-0.25, -0.2) is 0 Å². The van der Waals surface area contributed by atoms with Crippen LogP contribution in [0.4, 0.5) is 11.4 Å². The Labute approximate surface area is 127 Å². The Bertz CT molecular complexity index is 538. The lowest BCUT2D eigenvalue weighted by Crippen LogP contribution is -2.20. The van der Waals surface area contributed by atoms with Crippen molar-refractivity contribution in [2.45, 2.75) is 65.8 Å². The number of rotatable bonds is 3. The van der Waals surface area contributed by atoms with Crippen LogP contribution in [-0.4, -0.2) is 11.0 Å². The molecule has 0 spiro atoms. The summed E-state index contributed by atoms with van der Waals surface area (Å²) in [5.74, 6) is 0. The minimum Gasteiger partial charge on any atom is -0.382 e. The van der Waals surface area contributed by atoms with Crippen molar-refractivity contribution in [2.24, 2.45) is 5.41 Å².